The molecule has 2 aromatic heterocycles. The Kier molecular flexibility index (Phi) is 6.46. The predicted octanol–water partition coefficient (Wildman–Crippen LogP) is 4.07. The summed E-state index contributed by atoms with van der Waals surface area (Å²) in [4.78, 5) is 29.2. The Balaban J connectivity index is 1.74. The number of pyridine rings is 1. The number of nitrogens with one attached hydrogen (secondary N) is 1. The minimum Gasteiger partial charge on any atom is -0.352 e. The molecule has 0 aliphatic heterocycles. The number of nitrogens with zero attached hydrogens (tertiary/aromatic N) is 3. The van der Waals surface area contributed by atoms with Crippen molar-refractivity contribution >= 4 is 27.7 Å². The molecule has 1 aliphatic rings. The summed E-state index contributed by atoms with van der Waals surface area (Å²) in [5.41, 5.74) is 2.23. The van der Waals surface area contributed by atoms with Gasteiger partial charge in [0.25, 0.3) is 11.5 Å². The first-order chi connectivity index (χ1) is 15.1. The highest BCUT2D eigenvalue weighted by molar-refractivity contribution is 6.17. The number of hydrogen-bond acceptors (Lipinski definition) is 3. The highest BCUT2D eigenvalue weighted by Crippen LogP contribution is 2.32. The van der Waals surface area contributed by atoms with Crippen LogP contribution < -0.4 is 10.9 Å². The third kappa shape index (κ3) is 4.01. The number of hydrogen-bond donors (Lipinski definition) is 1. The smallest absolute Gasteiger partial charge is 0.275 e. The molecule has 6 heteroatoms. The molecular weight excluding hydrogens is 388 g/mol. The van der Waals surface area contributed by atoms with E-state index in [1.165, 1.54) is 0 Å². The van der Waals surface area contributed by atoms with Crippen molar-refractivity contribution in [3.8, 4) is 0 Å². The zero-order valence-corrected chi connectivity index (χ0v) is 19.0. The quantitative estimate of drug-likeness (QED) is 0.557. The molecule has 1 N–H and O–H groups in total. The predicted molar refractivity (Wildman–Crippen MR) is 127 cm³/mol. The van der Waals surface area contributed by atoms with Gasteiger partial charge in [-0.1, -0.05) is 44.9 Å². The van der Waals surface area contributed by atoms with Crippen LogP contribution in [0.15, 0.2) is 35.3 Å². The van der Waals surface area contributed by atoms with Gasteiger partial charge in [0.2, 0.25) is 0 Å². The van der Waals surface area contributed by atoms with Crippen molar-refractivity contribution in [1.29, 1.82) is 0 Å². The molecule has 0 unspecified atom stereocenters. The fraction of sp³-hybridized carbons (Fsp3) is 0.520. The number of fused-ring (bicyclic) bond motifs is 3. The monoisotopic (exact) mass is 422 g/mol. The van der Waals surface area contributed by atoms with Gasteiger partial charge >= 0.3 is 0 Å². The molecule has 31 heavy (non-hydrogen) atoms. The largest absolute Gasteiger partial charge is 0.352 e. The van der Waals surface area contributed by atoms with Gasteiger partial charge in [-0.05, 0) is 45.0 Å². The van der Waals surface area contributed by atoms with Gasteiger partial charge in [0.1, 0.15) is 5.52 Å². The van der Waals surface area contributed by atoms with Gasteiger partial charge in [0, 0.05) is 42.1 Å². The summed E-state index contributed by atoms with van der Waals surface area (Å²) < 4.78 is 3.79. The van der Waals surface area contributed by atoms with Gasteiger partial charge in [-0.15, -0.1) is 0 Å². The fourth-order valence-corrected chi connectivity index (χ4v) is 5.07. The maximum absolute atomic E-state index is 13.5. The Morgan fingerprint density at radius 2 is 1.87 bits per heavy atom. The van der Waals surface area contributed by atoms with Crippen molar-refractivity contribution < 1.29 is 4.79 Å². The molecule has 0 saturated heterocycles. The number of carbonyl (C=O) groups excluding carboxylic acids is 1. The molecule has 1 aliphatic carbocycles. The molecule has 4 rings (SSSR count). The lowest BCUT2D eigenvalue weighted by Gasteiger charge is -2.18. The molecule has 0 radical (unpaired) electrons. The molecule has 0 atom stereocenters. The van der Waals surface area contributed by atoms with Crippen molar-refractivity contribution in [2.45, 2.75) is 52.0 Å². The van der Waals surface area contributed by atoms with Crippen molar-refractivity contribution in [2.75, 3.05) is 26.2 Å². The van der Waals surface area contributed by atoms with Crippen LogP contribution in [0.3, 0.4) is 0 Å². The lowest BCUT2D eigenvalue weighted by atomic mass is 10.1. The average molecular weight is 423 g/mol. The third-order valence-corrected chi connectivity index (χ3v) is 6.88. The molecule has 1 saturated carbocycles. The number of para-hydroxylation sites is 1. The van der Waals surface area contributed by atoms with Crippen molar-refractivity contribution in [3.63, 3.8) is 0 Å². The van der Waals surface area contributed by atoms with E-state index in [2.05, 4.69) is 24.1 Å². The number of benzene rings is 1. The first-order valence-corrected chi connectivity index (χ1v) is 11.7. The minimum absolute atomic E-state index is 0.0127. The molecular formula is C25H34N4O2. The molecule has 0 spiro atoms. The summed E-state index contributed by atoms with van der Waals surface area (Å²) in [6.07, 6.45) is 7.01. The zero-order valence-electron chi connectivity index (χ0n) is 19.0. The Hall–Kier alpha value is -2.60. The summed E-state index contributed by atoms with van der Waals surface area (Å²) in [7, 11) is 1.93. The summed E-state index contributed by atoms with van der Waals surface area (Å²) in [6.45, 7) is 7.96. The van der Waals surface area contributed by atoms with E-state index >= 15 is 0 Å². The van der Waals surface area contributed by atoms with E-state index in [9.17, 15) is 9.59 Å². The molecule has 1 aromatic carbocycles. The zero-order chi connectivity index (χ0) is 22.0. The van der Waals surface area contributed by atoms with Crippen LogP contribution >= 0.6 is 0 Å². The van der Waals surface area contributed by atoms with Gasteiger partial charge in [-0.2, -0.15) is 0 Å². The average Bonchev–Trinajstić information content (AvgIpc) is 3.42. The second-order valence-corrected chi connectivity index (χ2v) is 8.63. The highest BCUT2D eigenvalue weighted by Gasteiger charge is 2.25. The van der Waals surface area contributed by atoms with Crippen LogP contribution in [0.4, 0.5) is 0 Å². The van der Waals surface area contributed by atoms with Crippen LogP contribution in [0, 0.1) is 0 Å². The number of aromatic nitrogens is 2. The first-order valence-electron chi connectivity index (χ1n) is 11.7. The van der Waals surface area contributed by atoms with Crippen LogP contribution in [0.5, 0.6) is 0 Å². The number of aryl methyl sites for hydroxylation is 1. The van der Waals surface area contributed by atoms with E-state index < -0.39 is 0 Å². The second kappa shape index (κ2) is 9.27. The Morgan fingerprint density at radius 3 is 2.58 bits per heavy atom. The van der Waals surface area contributed by atoms with E-state index in [-0.39, 0.29) is 17.5 Å². The molecule has 166 valence electrons. The van der Waals surface area contributed by atoms with Gasteiger partial charge in [0.05, 0.1) is 5.56 Å². The maximum atomic E-state index is 13.5. The minimum atomic E-state index is -0.0901. The first kappa shape index (κ1) is 21.6. The number of amides is 1. The van der Waals surface area contributed by atoms with Crippen LogP contribution in [-0.4, -0.2) is 46.1 Å². The van der Waals surface area contributed by atoms with Crippen LogP contribution in [-0.2, 0) is 7.05 Å². The summed E-state index contributed by atoms with van der Waals surface area (Å²) >= 11 is 0. The molecule has 2 heterocycles. The summed E-state index contributed by atoms with van der Waals surface area (Å²) in [6, 6.07) is 8.15. The van der Waals surface area contributed by atoms with E-state index in [0.29, 0.717) is 17.6 Å². The van der Waals surface area contributed by atoms with Gasteiger partial charge in [0.15, 0.2) is 0 Å². The van der Waals surface area contributed by atoms with E-state index in [1.807, 2.05) is 46.6 Å². The van der Waals surface area contributed by atoms with E-state index in [0.717, 1.165) is 68.0 Å². The highest BCUT2D eigenvalue weighted by atomic mass is 16.2. The maximum Gasteiger partial charge on any atom is 0.275 e. The summed E-state index contributed by atoms with van der Waals surface area (Å²) in [5, 5.41) is 4.85. The van der Waals surface area contributed by atoms with Crippen molar-refractivity contribution in [1.82, 2.24) is 19.4 Å². The van der Waals surface area contributed by atoms with Gasteiger partial charge in [-0.3, -0.25) is 9.59 Å². The lowest BCUT2D eigenvalue weighted by molar-refractivity contribution is 0.0952. The standard InChI is InChI=1S/C25H34N4O2/c1-4-28(5-2)16-10-15-26-24(30)20-17-29(18-11-6-7-12-18)25(31)23-22(20)19-13-8-9-14-21(19)27(23)3/h8-9,13-14,17-18H,4-7,10-12,15-16H2,1-3H3,(H,26,30). The Labute approximate surface area is 183 Å². The Bertz CT molecular complexity index is 1130. The van der Waals surface area contributed by atoms with Gasteiger partial charge in [-0.25, -0.2) is 0 Å². The SMILES string of the molecule is CCN(CC)CCCNC(=O)c1cn(C2CCCC2)c(=O)c2c1c1ccccc1n2C. The lowest BCUT2D eigenvalue weighted by Crippen LogP contribution is -2.32. The number of rotatable bonds is 8. The molecule has 6 nitrogen and oxygen atoms in total. The van der Waals surface area contributed by atoms with Crippen LogP contribution in [0.1, 0.15) is 62.4 Å². The fourth-order valence-electron chi connectivity index (χ4n) is 5.07. The summed E-state index contributed by atoms with van der Waals surface area (Å²) in [5.74, 6) is -0.0901. The van der Waals surface area contributed by atoms with Crippen molar-refractivity contribution in [2.24, 2.45) is 7.05 Å². The molecule has 0 bridgehead atoms. The molecule has 3 aromatic rings. The normalized spacial score (nSPS) is 14.8. The molecule has 1 amide bonds. The Morgan fingerprint density at radius 1 is 1.16 bits per heavy atom. The molecule has 1 fully saturated rings. The third-order valence-electron chi connectivity index (χ3n) is 6.88. The van der Waals surface area contributed by atoms with Crippen molar-refractivity contribution in [3.05, 3.63) is 46.4 Å². The topological polar surface area (TPSA) is 59.3 Å². The van der Waals surface area contributed by atoms with Gasteiger partial charge < -0.3 is 19.4 Å². The van der Waals surface area contributed by atoms with Crippen LogP contribution in [0.2, 0.25) is 0 Å². The second-order valence-electron chi connectivity index (χ2n) is 8.63. The number of carbonyl (C=O) groups is 1. The van der Waals surface area contributed by atoms with E-state index in [4.69, 9.17) is 0 Å². The van der Waals surface area contributed by atoms with Crippen LogP contribution in [0.25, 0.3) is 21.8 Å². The van der Waals surface area contributed by atoms with E-state index in [1.54, 1.807) is 0 Å².